The van der Waals surface area contributed by atoms with Crippen molar-refractivity contribution in [2.24, 2.45) is 5.92 Å². The van der Waals surface area contributed by atoms with Gasteiger partial charge >= 0.3 is 12.1 Å². The predicted octanol–water partition coefficient (Wildman–Crippen LogP) is 7.21. The van der Waals surface area contributed by atoms with E-state index >= 15 is 0 Å². The topological polar surface area (TPSA) is 95.9 Å². The van der Waals surface area contributed by atoms with E-state index in [1.807, 2.05) is 60.7 Å². The number of hydrogen-bond donors (Lipinski definition) is 2. The van der Waals surface area contributed by atoms with Gasteiger partial charge in [-0.05, 0) is 70.5 Å². The molecule has 4 aromatic carbocycles. The van der Waals surface area contributed by atoms with Crippen LogP contribution in [0.5, 0.6) is 5.75 Å². The van der Waals surface area contributed by atoms with Crippen LogP contribution in [0, 0.1) is 5.92 Å². The summed E-state index contributed by atoms with van der Waals surface area (Å²) in [5, 5.41) is 12.8. The maximum absolute atomic E-state index is 13.8. The fourth-order valence-electron chi connectivity index (χ4n) is 6.65. The number of nitrogens with zero attached hydrogens (tertiary/aromatic N) is 1. The fourth-order valence-corrected chi connectivity index (χ4v) is 6.65. The summed E-state index contributed by atoms with van der Waals surface area (Å²) in [5.41, 5.74) is 4.26. The van der Waals surface area contributed by atoms with Crippen LogP contribution in [0.1, 0.15) is 53.5 Å². The van der Waals surface area contributed by atoms with Gasteiger partial charge in [0.1, 0.15) is 24.4 Å². The molecule has 49 heavy (non-hydrogen) atoms. The quantitative estimate of drug-likeness (QED) is 0.186. The van der Waals surface area contributed by atoms with Crippen LogP contribution in [0.3, 0.4) is 0 Å². The van der Waals surface area contributed by atoms with Crippen LogP contribution < -0.4 is 10.1 Å². The number of aliphatic carboxylic acids is 1. The van der Waals surface area contributed by atoms with Gasteiger partial charge in [0.15, 0.2) is 0 Å². The van der Waals surface area contributed by atoms with E-state index in [1.54, 1.807) is 17.0 Å². The molecule has 0 spiro atoms. The van der Waals surface area contributed by atoms with Crippen molar-refractivity contribution in [1.82, 2.24) is 10.2 Å². The van der Waals surface area contributed by atoms with Gasteiger partial charge in [0.25, 0.3) is 0 Å². The van der Waals surface area contributed by atoms with Gasteiger partial charge in [0.2, 0.25) is 11.8 Å². The number of benzene rings is 4. The smallest absolute Gasteiger partial charge is 0.416 e. The molecule has 1 saturated carbocycles. The highest BCUT2D eigenvalue weighted by Crippen LogP contribution is 2.33. The molecule has 0 radical (unpaired) electrons. The summed E-state index contributed by atoms with van der Waals surface area (Å²) in [7, 11) is 0. The maximum atomic E-state index is 13.8. The van der Waals surface area contributed by atoms with E-state index in [0.717, 1.165) is 65.6 Å². The van der Waals surface area contributed by atoms with Crippen molar-refractivity contribution in [3.63, 3.8) is 0 Å². The van der Waals surface area contributed by atoms with Crippen molar-refractivity contribution in [1.29, 1.82) is 0 Å². The summed E-state index contributed by atoms with van der Waals surface area (Å²) in [6.45, 7) is 0.206. The number of alkyl halides is 3. The van der Waals surface area contributed by atoms with E-state index in [4.69, 9.17) is 4.74 Å². The lowest BCUT2D eigenvalue weighted by Crippen LogP contribution is -2.56. The molecule has 10 heteroatoms. The van der Waals surface area contributed by atoms with Crippen LogP contribution in [0.4, 0.5) is 13.2 Å². The SMILES string of the molecule is O=C(O)[C@H](Cc1ccc(-c2ccccc2)cc1)NC(=O)[C@@H]1Cc2ccc(OCc3ccc(C(F)(F)F)cc3)cc2CN1C(=O)C1CCCC1. The highest BCUT2D eigenvalue weighted by atomic mass is 19.4. The number of carboxylic acid groups (broad SMARTS) is 1. The molecule has 1 aliphatic carbocycles. The molecule has 0 bridgehead atoms. The lowest BCUT2D eigenvalue weighted by molar-refractivity contribution is -0.147. The van der Waals surface area contributed by atoms with E-state index in [0.29, 0.717) is 11.3 Å². The molecular weight excluding hydrogens is 633 g/mol. The Labute approximate surface area is 282 Å². The van der Waals surface area contributed by atoms with Gasteiger partial charge < -0.3 is 20.1 Å². The Bertz CT molecular complexity index is 1790. The van der Waals surface area contributed by atoms with Crippen molar-refractivity contribution in [2.45, 2.75) is 69.9 Å². The van der Waals surface area contributed by atoms with Crippen LogP contribution in [-0.4, -0.2) is 39.9 Å². The van der Waals surface area contributed by atoms with Crippen LogP contribution >= 0.6 is 0 Å². The third-order valence-electron chi connectivity index (χ3n) is 9.40. The summed E-state index contributed by atoms with van der Waals surface area (Å²) in [6, 6.07) is 25.4. The number of fused-ring (bicyclic) bond motifs is 1. The molecule has 1 fully saturated rings. The van der Waals surface area contributed by atoms with Crippen molar-refractivity contribution in [2.75, 3.05) is 0 Å². The zero-order valence-electron chi connectivity index (χ0n) is 26.8. The Morgan fingerprint density at radius 3 is 2.14 bits per heavy atom. The average molecular weight is 671 g/mol. The fraction of sp³-hybridized carbons (Fsp3) is 0.308. The second-order valence-electron chi connectivity index (χ2n) is 12.7. The average Bonchev–Trinajstić information content (AvgIpc) is 3.65. The lowest BCUT2D eigenvalue weighted by atomic mass is 9.91. The first-order valence-electron chi connectivity index (χ1n) is 16.4. The molecule has 0 unspecified atom stereocenters. The molecule has 0 saturated heterocycles. The number of rotatable bonds is 10. The van der Waals surface area contributed by atoms with E-state index < -0.39 is 35.7 Å². The van der Waals surface area contributed by atoms with Crippen molar-refractivity contribution < 1.29 is 37.4 Å². The summed E-state index contributed by atoms with van der Waals surface area (Å²) in [5.74, 6) is -1.52. The number of carbonyl (C=O) groups is 3. The number of nitrogens with one attached hydrogen (secondary N) is 1. The highest BCUT2D eigenvalue weighted by molar-refractivity contribution is 5.92. The third kappa shape index (κ3) is 8.13. The Balaban J connectivity index is 1.16. The molecular formula is C39H37F3N2O5. The number of amides is 2. The molecule has 0 aromatic heterocycles. The minimum atomic E-state index is -4.42. The Morgan fingerprint density at radius 1 is 0.837 bits per heavy atom. The largest absolute Gasteiger partial charge is 0.489 e. The zero-order valence-corrected chi connectivity index (χ0v) is 26.8. The molecule has 6 rings (SSSR count). The predicted molar refractivity (Wildman–Crippen MR) is 177 cm³/mol. The van der Waals surface area contributed by atoms with Gasteiger partial charge in [0, 0.05) is 25.3 Å². The Morgan fingerprint density at radius 2 is 1.49 bits per heavy atom. The summed E-state index contributed by atoms with van der Waals surface area (Å²) in [4.78, 5) is 41.5. The molecule has 2 N–H and O–H groups in total. The van der Waals surface area contributed by atoms with Gasteiger partial charge in [-0.2, -0.15) is 13.2 Å². The monoisotopic (exact) mass is 670 g/mol. The van der Waals surface area contributed by atoms with Gasteiger partial charge in [-0.25, -0.2) is 4.79 Å². The molecule has 2 atom stereocenters. The Kier molecular flexibility index (Phi) is 10.0. The molecule has 1 aliphatic heterocycles. The second-order valence-corrected chi connectivity index (χ2v) is 12.7. The number of carbonyl (C=O) groups excluding carboxylic acids is 2. The van der Waals surface area contributed by atoms with E-state index in [9.17, 15) is 32.7 Å². The van der Waals surface area contributed by atoms with E-state index in [-0.39, 0.29) is 37.8 Å². The number of hydrogen-bond acceptors (Lipinski definition) is 4. The summed E-state index contributed by atoms with van der Waals surface area (Å²) >= 11 is 0. The van der Waals surface area contributed by atoms with Crippen LogP contribution in [0.25, 0.3) is 11.1 Å². The molecule has 7 nitrogen and oxygen atoms in total. The van der Waals surface area contributed by atoms with Crippen molar-refractivity contribution >= 4 is 17.8 Å². The Hall–Kier alpha value is -5.12. The van der Waals surface area contributed by atoms with Gasteiger partial charge in [0.05, 0.1) is 5.56 Å². The second kappa shape index (κ2) is 14.6. The van der Waals surface area contributed by atoms with Crippen molar-refractivity contribution in [3.05, 3.63) is 125 Å². The zero-order chi connectivity index (χ0) is 34.5. The number of halogens is 3. The first-order valence-corrected chi connectivity index (χ1v) is 16.4. The van der Waals surface area contributed by atoms with Crippen molar-refractivity contribution in [3.8, 4) is 16.9 Å². The van der Waals surface area contributed by atoms with Crippen LogP contribution in [-0.2, 0) is 46.6 Å². The number of carboxylic acids is 1. The standard InChI is InChI=1S/C39H37F3N2O5/c40-39(41,42)32-17-12-26(13-18-32)24-49-33-19-16-30-22-35(44(23-31(30)21-33)37(46)29-8-4-5-9-29)36(45)43-34(38(47)48)20-25-10-14-28(15-11-25)27-6-2-1-3-7-27/h1-3,6-7,10-19,21,29,34-35H,4-5,8-9,20,22-24H2,(H,43,45)(H,47,48)/t34-,35-/m0/s1. The molecule has 254 valence electrons. The molecule has 2 amide bonds. The van der Waals surface area contributed by atoms with Gasteiger partial charge in [-0.1, -0.05) is 85.6 Å². The first kappa shape index (κ1) is 33.8. The number of ether oxygens (including phenoxy) is 1. The summed E-state index contributed by atoms with van der Waals surface area (Å²) < 4.78 is 44.7. The third-order valence-corrected chi connectivity index (χ3v) is 9.40. The minimum absolute atomic E-state index is 0.0538. The molecule has 2 aliphatic rings. The normalized spacial score (nSPS) is 16.9. The maximum Gasteiger partial charge on any atom is 0.416 e. The minimum Gasteiger partial charge on any atom is -0.489 e. The summed E-state index contributed by atoms with van der Waals surface area (Å²) in [6.07, 6.45) is -0.786. The van der Waals surface area contributed by atoms with Crippen LogP contribution in [0.2, 0.25) is 0 Å². The van der Waals surface area contributed by atoms with Crippen LogP contribution in [0.15, 0.2) is 97.1 Å². The first-order chi connectivity index (χ1) is 23.5. The highest BCUT2D eigenvalue weighted by Gasteiger charge is 2.39. The van der Waals surface area contributed by atoms with E-state index in [2.05, 4.69) is 5.32 Å². The van der Waals surface area contributed by atoms with Gasteiger partial charge in [-0.3, -0.25) is 9.59 Å². The molecule has 4 aromatic rings. The van der Waals surface area contributed by atoms with E-state index in [1.165, 1.54) is 12.1 Å². The lowest BCUT2D eigenvalue weighted by Gasteiger charge is -2.38. The van der Waals surface area contributed by atoms with Gasteiger partial charge in [-0.15, -0.1) is 0 Å². The molecule has 1 heterocycles.